The number of thioether (sulfide) groups is 1. The molecule has 0 heterocycles. The van der Waals surface area contributed by atoms with Gasteiger partial charge in [-0.1, -0.05) is 17.7 Å². The molecule has 0 aliphatic heterocycles. The molecule has 2 aromatic rings. The van der Waals surface area contributed by atoms with Crippen LogP contribution < -0.4 is 16.0 Å². The molecule has 7 nitrogen and oxygen atoms in total. The van der Waals surface area contributed by atoms with Crippen molar-refractivity contribution in [2.75, 3.05) is 30.7 Å². The first-order valence-electron chi connectivity index (χ1n) is 8.24. The Morgan fingerprint density at radius 3 is 2.31 bits per heavy atom. The third kappa shape index (κ3) is 7.02. The predicted molar refractivity (Wildman–Crippen MR) is 105 cm³/mol. The number of carbonyl (C=O) groups is 1. The normalized spacial score (nSPS) is 10.2. The number of amides is 2. The summed E-state index contributed by atoms with van der Waals surface area (Å²) in [6.45, 7) is 3.62. The fraction of sp³-hybridized carbons (Fsp3) is 0.278. The first-order chi connectivity index (χ1) is 12.5. The van der Waals surface area contributed by atoms with E-state index >= 15 is 0 Å². The van der Waals surface area contributed by atoms with E-state index in [0.717, 1.165) is 11.4 Å². The first kappa shape index (κ1) is 19.6. The molecule has 138 valence electrons. The Kier molecular flexibility index (Phi) is 7.75. The average molecular weight is 374 g/mol. The number of nitro benzene ring substituents is 1. The highest BCUT2D eigenvalue weighted by molar-refractivity contribution is 7.99. The van der Waals surface area contributed by atoms with Gasteiger partial charge >= 0.3 is 6.03 Å². The lowest BCUT2D eigenvalue weighted by molar-refractivity contribution is -0.384. The van der Waals surface area contributed by atoms with E-state index in [-0.39, 0.29) is 11.7 Å². The second-order valence-electron chi connectivity index (χ2n) is 5.57. The second kappa shape index (κ2) is 10.3. The molecule has 2 rings (SSSR count). The molecule has 0 bridgehead atoms. The molecule has 0 aliphatic carbocycles. The van der Waals surface area contributed by atoms with Crippen LogP contribution in [0.3, 0.4) is 0 Å². The summed E-state index contributed by atoms with van der Waals surface area (Å²) < 4.78 is 0. The van der Waals surface area contributed by atoms with Crippen molar-refractivity contribution in [1.82, 2.24) is 10.6 Å². The molecule has 0 saturated heterocycles. The molecule has 3 N–H and O–H groups in total. The number of nitro groups is 1. The standard InChI is InChI=1S/C18H22N4O3S/c1-14-2-8-17(9-3-14)26-13-12-21-18(23)20-11-10-19-15-4-6-16(7-5-15)22(24)25/h2-9,19H,10-13H2,1H3,(H2,20,21,23). The number of rotatable bonds is 9. The zero-order valence-corrected chi connectivity index (χ0v) is 15.3. The highest BCUT2D eigenvalue weighted by Gasteiger charge is 2.03. The fourth-order valence-corrected chi connectivity index (χ4v) is 2.88. The monoisotopic (exact) mass is 374 g/mol. The molecule has 2 amide bonds. The summed E-state index contributed by atoms with van der Waals surface area (Å²) in [4.78, 5) is 23.0. The summed E-state index contributed by atoms with van der Waals surface area (Å²) in [5.41, 5.74) is 2.05. The number of hydrogen-bond donors (Lipinski definition) is 3. The zero-order chi connectivity index (χ0) is 18.8. The maximum Gasteiger partial charge on any atom is 0.314 e. The van der Waals surface area contributed by atoms with Crippen LogP contribution in [0.1, 0.15) is 5.56 Å². The van der Waals surface area contributed by atoms with Gasteiger partial charge in [-0.25, -0.2) is 4.79 Å². The van der Waals surface area contributed by atoms with Gasteiger partial charge in [-0.3, -0.25) is 10.1 Å². The van der Waals surface area contributed by atoms with Gasteiger partial charge in [0.25, 0.3) is 5.69 Å². The number of benzene rings is 2. The quantitative estimate of drug-likeness (QED) is 0.270. The van der Waals surface area contributed by atoms with Crippen LogP contribution in [0, 0.1) is 17.0 Å². The maximum atomic E-state index is 11.7. The van der Waals surface area contributed by atoms with E-state index in [0.29, 0.717) is 19.6 Å². The lowest BCUT2D eigenvalue weighted by Crippen LogP contribution is -2.38. The van der Waals surface area contributed by atoms with Crippen molar-refractivity contribution in [3.8, 4) is 0 Å². The third-order valence-electron chi connectivity index (χ3n) is 3.50. The topological polar surface area (TPSA) is 96.3 Å². The SMILES string of the molecule is Cc1ccc(SCCNC(=O)NCCNc2ccc([N+](=O)[O-])cc2)cc1. The molecular formula is C18H22N4O3S. The van der Waals surface area contributed by atoms with Gasteiger partial charge in [-0.15, -0.1) is 11.8 Å². The highest BCUT2D eigenvalue weighted by Crippen LogP contribution is 2.17. The molecule has 26 heavy (non-hydrogen) atoms. The minimum absolute atomic E-state index is 0.0524. The number of carbonyl (C=O) groups excluding carboxylic acids is 1. The molecule has 0 aliphatic rings. The molecule has 0 unspecified atom stereocenters. The average Bonchev–Trinajstić information content (AvgIpc) is 2.64. The summed E-state index contributed by atoms with van der Waals surface area (Å²) in [6, 6.07) is 14.2. The number of nitrogens with zero attached hydrogens (tertiary/aromatic N) is 1. The lowest BCUT2D eigenvalue weighted by atomic mass is 10.2. The van der Waals surface area contributed by atoms with Crippen LogP contribution in [0.15, 0.2) is 53.4 Å². The molecule has 0 fully saturated rings. The molecule has 0 spiro atoms. The Hall–Kier alpha value is -2.74. The summed E-state index contributed by atoms with van der Waals surface area (Å²) in [5.74, 6) is 0.803. The Morgan fingerprint density at radius 2 is 1.65 bits per heavy atom. The van der Waals surface area contributed by atoms with Gasteiger partial charge in [0, 0.05) is 48.1 Å². The number of aryl methyl sites for hydroxylation is 1. The van der Waals surface area contributed by atoms with Crippen molar-refractivity contribution in [2.24, 2.45) is 0 Å². The number of urea groups is 1. The third-order valence-corrected chi connectivity index (χ3v) is 4.51. The van der Waals surface area contributed by atoms with E-state index in [1.165, 1.54) is 22.6 Å². The second-order valence-corrected chi connectivity index (χ2v) is 6.74. The molecule has 2 aromatic carbocycles. The Labute approximate surface area is 156 Å². The van der Waals surface area contributed by atoms with Crippen LogP contribution in [0.25, 0.3) is 0 Å². The molecule has 8 heteroatoms. The van der Waals surface area contributed by atoms with Crippen LogP contribution in [0.4, 0.5) is 16.2 Å². The Morgan fingerprint density at radius 1 is 1.00 bits per heavy atom. The van der Waals surface area contributed by atoms with Crippen LogP contribution in [0.2, 0.25) is 0 Å². The van der Waals surface area contributed by atoms with Crippen molar-refractivity contribution in [3.63, 3.8) is 0 Å². The Bertz CT molecular complexity index is 720. The smallest absolute Gasteiger partial charge is 0.314 e. The van der Waals surface area contributed by atoms with Crippen molar-refractivity contribution in [3.05, 3.63) is 64.2 Å². The number of anilines is 1. The summed E-state index contributed by atoms with van der Waals surface area (Å²) in [5, 5.41) is 19.2. The molecule has 0 saturated carbocycles. The van der Waals surface area contributed by atoms with Crippen LogP contribution in [0.5, 0.6) is 0 Å². The number of non-ortho nitro benzene ring substituents is 1. The van der Waals surface area contributed by atoms with Gasteiger partial charge in [-0.05, 0) is 31.2 Å². The van der Waals surface area contributed by atoms with Gasteiger partial charge in [0.2, 0.25) is 0 Å². The minimum Gasteiger partial charge on any atom is -0.383 e. The van der Waals surface area contributed by atoms with Crippen LogP contribution in [-0.4, -0.2) is 36.3 Å². The Balaban J connectivity index is 1.54. The van der Waals surface area contributed by atoms with Gasteiger partial charge in [0.05, 0.1) is 4.92 Å². The van der Waals surface area contributed by atoms with Crippen LogP contribution in [-0.2, 0) is 0 Å². The highest BCUT2D eigenvalue weighted by atomic mass is 32.2. The van der Waals surface area contributed by atoms with E-state index in [4.69, 9.17) is 0 Å². The predicted octanol–water partition coefficient (Wildman–Crippen LogP) is 3.41. The summed E-state index contributed by atoms with van der Waals surface area (Å²) in [6.07, 6.45) is 0. The van der Waals surface area contributed by atoms with Crippen LogP contribution >= 0.6 is 11.8 Å². The molecule has 0 radical (unpaired) electrons. The van der Waals surface area contributed by atoms with E-state index in [1.54, 1.807) is 23.9 Å². The van der Waals surface area contributed by atoms with E-state index < -0.39 is 4.92 Å². The minimum atomic E-state index is -0.438. The van der Waals surface area contributed by atoms with Gasteiger partial charge in [-0.2, -0.15) is 0 Å². The summed E-state index contributed by atoms with van der Waals surface area (Å²) >= 11 is 1.70. The van der Waals surface area contributed by atoms with E-state index in [9.17, 15) is 14.9 Å². The fourth-order valence-electron chi connectivity index (χ4n) is 2.11. The van der Waals surface area contributed by atoms with Gasteiger partial charge < -0.3 is 16.0 Å². The van der Waals surface area contributed by atoms with E-state index in [2.05, 4.69) is 47.1 Å². The van der Waals surface area contributed by atoms with Crippen molar-refractivity contribution < 1.29 is 9.72 Å². The first-order valence-corrected chi connectivity index (χ1v) is 9.22. The van der Waals surface area contributed by atoms with Crippen molar-refractivity contribution >= 4 is 29.2 Å². The molecular weight excluding hydrogens is 352 g/mol. The van der Waals surface area contributed by atoms with Crippen molar-refractivity contribution in [2.45, 2.75) is 11.8 Å². The number of nitrogens with one attached hydrogen (secondary N) is 3. The molecule has 0 atom stereocenters. The van der Waals surface area contributed by atoms with Crippen molar-refractivity contribution in [1.29, 1.82) is 0 Å². The van der Waals surface area contributed by atoms with Gasteiger partial charge in [0.1, 0.15) is 0 Å². The number of hydrogen-bond acceptors (Lipinski definition) is 5. The largest absolute Gasteiger partial charge is 0.383 e. The van der Waals surface area contributed by atoms with Gasteiger partial charge in [0.15, 0.2) is 0 Å². The zero-order valence-electron chi connectivity index (χ0n) is 14.5. The van der Waals surface area contributed by atoms with E-state index in [1.807, 2.05) is 0 Å². The molecule has 0 aromatic heterocycles. The summed E-state index contributed by atoms with van der Waals surface area (Å²) in [7, 11) is 0. The maximum absolute atomic E-state index is 11.7. The lowest BCUT2D eigenvalue weighted by Gasteiger charge is -2.09.